The van der Waals surface area contributed by atoms with Gasteiger partial charge in [0.1, 0.15) is 0 Å². The fourth-order valence-electron chi connectivity index (χ4n) is 2.81. The minimum Gasteiger partial charge on any atom is -0.378 e. The molecule has 2 aliphatic heterocycles. The van der Waals surface area contributed by atoms with E-state index >= 15 is 0 Å². The van der Waals surface area contributed by atoms with Gasteiger partial charge in [-0.1, -0.05) is 6.42 Å². The van der Waals surface area contributed by atoms with Crippen molar-refractivity contribution in [1.29, 1.82) is 0 Å². The number of hydrogen-bond acceptors (Lipinski definition) is 3. The first kappa shape index (κ1) is 14.2. The van der Waals surface area contributed by atoms with Crippen molar-refractivity contribution in [3.8, 4) is 0 Å². The van der Waals surface area contributed by atoms with Gasteiger partial charge < -0.3 is 4.74 Å². The van der Waals surface area contributed by atoms with Gasteiger partial charge in [-0.15, -0.1) is 0 Å². The number of morpholine rings is 1. The molecular weight excluding hydrogens is 252 g/mol. The zero-order valence-corrected chi connectivity index (χ0v) is 12.4. The van der Waals surface area contributed by atoms with Crippen LogP contribution in [0.1, 0.15) is 40.0 Å². The summed E-state index contributed by atoms with van der Waals surface area (Å²) in [5.74, 6) is 0. The van der Waals surface area contributed by atoms with E-state index in [0.717, 1.165) is 19.3 Å². The Hall–Kier alpha value is -0.170. The first-order valence-corrected chi connectivity index (χ1v) is 8.13. The van der Waals surface area contributed by atoms with Crippen LogP contribution in [0.2, 0.25) is 0 Å². The van der Waals surface area contributed by atoms with Gasteiger partial charge in [-0.25, -0.2) is 0 Å². The maximum atomic E-state index is 12.8. The first-order chi connectivity index (χ1) is 8.36. The van der Waals surface area contributed by atoms with E-state index in [0.29, 0.717) is 26.3 Å². The largest absolute Gasteiger partial charge is 0.378 e. The highest BCUT2D eigenvalue weighted by atomic mass is 32.2. The molecule has 0 bridgehead atoms. The average molecular weight is 276 g/mol. The van der Waals surface area contributed by atoms with Crippen LogP contribution in [-0.4, -0.2) is 54.9 Å². The summed E-state index contributed by atoms with van der Waals surface area (Å²) < 4.78 is 34.2. The van der Waals surface area contributed by atoms with E-state index in [2.05, 4.69) is 0 Å². The summed E-state index contributed by atoms with van der Waals surface area (Å²) in [5.41, 5.74) is -0.450. The van der Waals surface area contributed by atoms with E-state index in [1.807, 2.05) is 20.8 Å². The standard InChI is InChI=1S/C12H24N2O3S/c1-11-6-4-5-7-13(11)18(15,16)14-8-9-17-10-12(14,2)3/h11H,4-10H2,1-3H3. The topological polar surface area (TPSA) is 49.9 Å². The molecule has 106 valence electrons. The van der Waals surface area contributed by atoms with Crippen LogP contribution in [0.4, 0.5) is 0 Å². The number of hydrogen-bond donors (Lipinski definition) is 0. The molecule has 2 rings (SSSR count). The minimum absolute atomic E-state index is 0.113. The summed E-state index contributed by atoms with van der Waals surface area (Å²) in [5, 5.41) is 0. The van der Waals surface area contributed by atoms with Gasteiger partial charge in [0.25, 0.3) is 10.2 Å². The lowest BCUT2D eigenvalue weighted by atomic mass is 10.1. The second-order valence-electron chi connectivity index (χ2n) is 5.90. The van der Waals surface area contributed by atoms with Gasteiger partial charge in [0, 0.05) is 19.1 Å². The SMILES string of the molecule is CC1CCCCN1S(=O)(=O)N1CCOCC1(C)C. The van der Waals surface area contributed by atoms with Gasteiger partial charge in [-0.3, -0.25) is 0 Å². The summed E-state index contributed by atoms with van der Waals surface area (Å²) in [7, 11) is -3.36. The summed E-state index contributed by atoms with van der Waals surface area (Å²) in [6.45, 7) is 7.93. The average Bonchev–Trinajstić information content (AvgIpc) is 2.28. The van der Waals surface area contributed by atoms with Crippen molar-refractivity contribution < 1.29 is 13.2 Å². The number of ether oxygens (including phenoxy) is 1. The Morgan fingerprint density at radius 1 is 1.22 bits per heavy atom. The van der Waals surface area contributed by atoms with E-state index in [4.69, 9.17) is 4.74 Å². The van der Waals surface area contributed by atoms with Crippen molar-refractivity contribution in [3.05, 3.63) is 0 Å². The lowest BCUT2D eigenvalue weighted by Gasteiger charge is -2.45. The van der Waals surface area contributed by atoms with E-state index < -0.39 is 15.7 Å². The van der Waals surface area contributed by atoms with Crippen LogP contribution in [0.3, 0.4) is 0 Å². The zero-order chi connectivity index (χ0) is 13.4. The fourth-order valence-corrected chi connectivity index (χ4v) is 4.97. The quantitative estimate of drug-likeness (QED) is 0.762. The maximum absolute atomic E-state index is 12.8. The molecule has 0 aromatic heterocycles. The molecule has 1 unspecified atom stereocenters. The van der Waals surface area contributed by atoms with Crippen LogP contribution >= 0.6 is 0 Å². The molecule has 2 fully saturated rings. The second-order valence-corrected chi connectivity index (χ2v) is 7.71. The monoisotopic (exact) mass is 276 g/mol. The second kappa shape index (κ2) is 5.07. The van der Waals surface area contributed by atoms with Gasteiger partial charge in [0.15, 0.2) is 0 Å². The molecule has 2 saturated heterocycles. The molecule has 5 nitrogen and oxygen atoms in total. The number of piperidine rings is 1. The van der Waals surface area contributed by atoms with Crippen molar-refractivity contribution in [1.82, 2.24) is 8.61 Å². The Labute approximate surface area is 110 Å². The first-order valence-electron chi connectivity index (χ1n) is 6.73. The molecule has 0 aromatic carbocycles. The van der Waals surface area contributed by atoms with Crippen molar-refractivity contribution in [2.45, 2.75) is 51.6 Å². The van der Waals surface area contributed by atoms with Gasteiger partial charge >= 0.3 is 0 Å². The predicted octanol–water partition coefficient (Wildman–Crippen LogP) is 1.22. The highest BCUT2D eigenvalue weighted by molar-refractivity contribution is 7.86. The van der Waals surface area contributed by atoms with Crippen LogP contribution in [0.15, 0.2) is 0 Å². The molecule has 0 amide bonds. The van der Waals surface area contributed by atoms with Crippen molar-refractivity contribution >= 4 is 10.2 Å². The maximum Gasteiger partial charge on any atom is 0.282 e. The van der Waals surface area contributed by atoms with E-state index in [9.17, 15) is 8.42 Å². The number of nitrogens with zero attached hydrogens (tertiary/aromatic N) is 2. The Bertz CT molecular complexity index is 394. The highest BCUT2D eigenvalue weighted by Crippen LogP contribution is 2.28. The minimum atomic E-state index is -3.36. The van der Waals surface area contributed by atoms with Gasteiger partial charge in [-0.05, 0) is 33.6 Å². The summed E-state index contributed by atoms with van der Waals surface area (Å²) >= 11 is 0. The zero-order valence-electron chi connectivity index (χ0n) is 11.6. The third-order valence-corrected chi connectivity index (χ3v) is 6.26. The molecule has 0 radical (unpaired) electrons. The van der Waals surface area contributed by atoms with E-state index in [-0.39, 0.29) is 6.04 Å². The molecule has 1 atom stereocenters. The molecule has 0 saturated carbocycles. The van der Waals surface area contributed by atoms with E-state index in [1.54, 1.807) is 8.61 Å². The molecule has 2 heterocycles. The van der Waals surface area contributed by atoms with Crippen LogP contribution in [0.5, 0.6) is 0 Å². The van der Waals surface area contributed by atoms with Crippen LogP contribution in [0.25, 0.3) is 0 Å². The third-order valence-electron chi connectivity index (χ3n) is 3.89. The van der Waals surface area contributed by atoms with Gasteiger partial charge in [-0.2, -0.15) is 17.0 Å². The fraction of sp³-hybridized carbons (Fsp3) is 1.00. The molecule has 2 aliphatic rings. The van der Waals surface area contributed by atoms with Gasteiger partial charge in [0.2, 0.25) is 0 Å². The molecule has 0 aromatic rings. The normalized spacial score (nSPS) is 31.4. The highest BCUT2D eigenvalue weighted by Gasteiger charge is 2.43. The summed E-state index contributed by atoms with van der Waals surface area (Å²) in [4.78, 5) is 0. The van der Waals surface area contributed by atoms with Gasteiger partial charge in [0.05, 0.1) is 18.8 Å². The summed E-state index contributed by atoms with van der Waals surface area (Å²) in [6.07, 6.45) is 3.05. The predicted molar refractivity (Wildman–Crippen MR) is 70.5 cm³/mol. The molecule has 6 heteroatoms. The Balaban J connectivity index is 2.23. The van der Waals surface area contributed by atoms with Crippen LogP contribution in [0, 0.1) is 0 Å². The third kappa shape index (κ3) is 2.57. The molecular formula is C12H24N2O3S. The number of rotatable bonds is 2. The smallest absolute Gasteiger partial charge is 0.282 e. The Morgan fingerprint density at radius 2 is 1.94 bits per heavy atom. The lowest BCUT2D eigenvalue weighted by Crippen LogP contribution is -2.60. The van der Waals surface area contributed by atoms with E-state index in [1.165, 1.54) is 0 Å². The Kier molecular flexibility index (Phi) is 4.02. The molecule has 0 N–H and O–H groups in total. The molecule has 18 heavy (non-hydrogen) atoms. The summed E-state index contributed by atoms with van der Waals surface area (Å²) in [6, 6.07) is 0.113. The lowest BCUT2D eigenvalue weighted by molar-refractivity contribution is -0.0116. The molecule has 0 aliphatic carbocycles. The van der Waals surface area contributed by atoms with Crippen LogP contribution in [-0.2, 0) is 14.9 Å². The van der Waals surface area contributed by atoms with Crippen molar-refractivity contribution in [2.75, 3.05) is 26.3 Å². The Morgan fingerprint density at radius 3 is 2.56 bits per heavy atom. The molecule has 0 spiro atoms. The van der Waals surface area contributed by atoms with Crippen molar-refractivity contribution in [2.24, 2.45) is 0 Å². The van der Waals surface area contributed by atoms with Crippen molar-refractivity contribution in [3.63, 3.8) is 0 Å². The van der Waals surface area contributed by atoms with Crippen LogP contribution < -0.4 is 0 Å².